The molecular formula is C18H19ClN4O2. The van der Waals surface area contributed by atoms with Crippen molar-refractivity contribution in [2.24, 2.45) is 4.99 Å². The van der Waals surface area contributed by atoms with Gasteiger partial charge in [-0.2, -0.15) is 5.26 Å². The smallest absolute Gasteiger partial charge is 0.356 e. The van der Waals surface area contributed by atoms with Gasteiger partial charge in [-0.15, -0.1) is 0 Å². The first-order valence-electron chi connectivity index (χ1n) is 7.60. The van der Waals surface area contributed by atoms with Crippen molar-refractivity contribution in [3.63, 3.8) is 0 Å². The molecule has 0 spiro atoms. The molecule has 0 amide bonds. The van der Waals surface area contributed by atoms with E-state index in [4.69, 9.17) is 16.3 Å². The van der Waals surface area contributed by atoms with Gasteiger partial charge < -0.3 is 14.6 Å². The lowest BCUT2D eigenvalue weighted by atomic mass is 9.89. The average Bonchev–Trinajstić information content (AvgIpc) is 3.00. The second kappa shape index (κ2) is 8.36. The Hall–Kier alpha value is -2.78. The number of methoxy groups -OCH3 is 1. The molecule has 1 atom stereocenters. The molecule has 0 saturated heterocycles. The van der Waals surface area contributed by atoms with Gasteiger partial charge in [-0.25, -0.2) is 9.79 Å². The molecule has 0 radical (unpaired) electrons. The maximum absolute atomic E-state index is 12.0. The van der Waals surface area contributed by atoms with E-state index in [9.17, 15) is 10.1 Å². The summed E-state index contributed by atoms with van der Waals surface area (Å²) >= 11 is 6.10. The third-order valence-electron chi connectivity index (χ3n) is 3.61. The lowest BCUT2D eigenvalue weighted by molar-refractivity contribution is 0.0596. The van der Waals surface area contributed by atoms with Gasteiger partial charge in [0, 0.05) is 43.2 Å². The number of aromatic nitrogens is 1. The Bertz CT molecular complexity index is 821. The molecule has 0 aliphatic heterocycles. The molecule has 1 unspecified atom stereocenters. The fourth-order valence-corrected chi connectivity index (χ4v) is 2.69. The van der Waals surface area contributed by atoms with Crippen LogP contribution in [0, 0.1) is 11.3 Å². The minimum Gasteiger partial charge on any atom is -0.464 e. The number of hydrogen-bond acceptors (Lipinski definition) is 4. The minimum absolute atomic E-state index is 0.225. The van der Waals surface area contributed by atoms with E-state index >= 15 is 0 Å². The number of rotatable bonds is 6. The highest BCUT2D eigenvalue weighted by atomic mass is 35.5. The number of benzene rings is 1. The Morgan fingerprint density at radius 2 is 2.28 bits per heavy atom. The normalized spacial score (nSPS) is 12.0. The number of hydrogen-bond donors (Lipinski definition) is 1. The summed E-state index contributed by atoms with van der Waals surface area (Å²) in [4.78, 5) is 21.1. The lowest BCUT2D eigenvalue weighted by Gasteiger charge is -2.15. The summed E-state index contributed by atoms with van der Waals surface area (Å²) in [5.41, 5.74) is 2.33. The highest BCUT2D eigenvalue weighted by Crippen LogP contribution is 2.37. The number of halogens is 1. The zero-order valence-electron chi connectivity index (χ0n) is 14.3. The predicted molar refractivity (Wildman–Crippen MR) is 97.5 cm³/mol. The number of esters is 1. The lowest BCUT2D eigenvalue weighted by Crippen LogP contribution is -2.08. The van der Waals surface area contributed by atoms with E-state index < -0.39 is 5.97 Å². The van der Waals surface area contributed by atoms with Crippen molar-refractivity contribution in [1.29, 1.82) is 5.26 Å². The van der Waals surface area contributed by atoms with Crippen LogP contribution in [0.4, 0.5) is 5.69 Å². The molecule has 25 heavy (non-hydrogen) atoms. The Kier molecular flexibility index (Phi) is 6.20. The predicted octanol–water partition coefficient (Wildman–Crippen LogP) is 3.72. The summed E-state index contributed by atoms with van der Waals surface area (Å²) in [6, 6.07) is 9.51. The summed E-state index contributed by atoms with van der Waals surface area (Å²) in [5, 5.41) is 9.85. The van der Waals surface area contributed by atoms with Crippen molar-refractivity contribution < 1.29 is 9.53 Å². The monoisotopic (exact) mass is 358 g/mol. The van der Waals surface area contributed by atoms with E-state index in [1.54, 1.807) is 23.5 Å². The van der Waals surface area contributed by atoms with Gasteiger partial charge in [0.2, 0.25) is 0 Å². The zero-order valence-corrected chi connectivity index (χ0v) is 15.0. The molecule has 1 heterocycles. The van der Waals surface area contributed by atoms with Crippen molar-refractivity contribution in [1.82, 2.24) is 9.88 Å². The maximum atomic E-state index is 12.0. The topological polar surface area (TPSA) is 81.5 Å². The summed E-state index contributed by atoms with van der Waals surface area (Å²) in [5.74, 6) is -0.786. The van der Waals surface area contributed by atoms with Gasteiger partial charge in [-0.1, -0.05) is 23.7 Å². The zero-order chi connectivity index (χ0) is 18.4. The summed E-state index contributed by atoms with van der Waals surface area (Å²) in [7, 11) is 4.97. The molecule has 6 nitrogen and oxygen atoms in total. The van der Waals surface area contributed by atoms with E-state index in [0.717, 1.165) is 11.1 Å². The van der Waals surface area contributed by atoms with Crippen LogP contribution in [-0.2, 0) is 4.74 Å². The number of nitrogens with one attached hydrogen (secondary N) is 1. The number of aliphatic imine (C=N–C) groups is 1. The van der Waals surface area contributed by atoms with Crippen LogP contribution in [0.3, 0.4) is 0 Å². The van der Waals surface area contributed by atoms with Gasteiger partial charge in [-0.3, -0.25) is 0 Å². The van der Waals surface area contributed by atoms with Crippen molar-refractivity contribution in [3.8, 4) is 6.07 Å². The van der Waals surface area contributed by atoms with Crippen molar-refractivity contribution in [3.05, 3.63) is 52.3 Å². The molecule has 0 aliphatic rings. The summed E-state index contributed by atoms with van der Waals surface area (Å²) in [6.07, 6.45) is 3.52. The first-order valence-corrected chi connectivity index (χ1v) is 7.98. The second-order valence-electron chi connectivity index (χ2n) is 5.64. The van der Waals surface area contributed by atoms with Crippen LogP contribution in [0.2, 0.25) is 5.02 Å². The van der Waals surface area contributed by atoms with Crippen molar-refractivity contribution in [2.75, 3.05) is 21.2 Å². The van der Waals surface area contributed by atoms with Gasteiger partial charge >= 0.3 is 5.97 Å². The molecule has 1 aromatic heterocycles. The quantitative estimate of drug-likeness (QED) is 0.484. The maximum Gasteiger partial charge on any atom is 0.356 e. The van der Waals surface area contributed by atoms with E-state index in [2.05, 4.69) is 16.0 Å². The summed E-state index contributed by atoms with van der Waals surface area (Å²) in [6.45, 7) is 0. The van der Waals surface area contributed by atoms with E-state index in [1.165, 1.54) is 7.11 Å². The molecular weight excluding hydrogens is 340 g/mol. The summed E-state index contributed by atoms with van der Waals surface area (Å²) < 4.78 is 4.82. The van der Waals surface area contributed by atoms with Gasteiger partial charge in [0.15, 0.2) is 5.69 Å². The van der Waals surface area contributed by atoms with Crippen LogP contribution in [0.5, 0.6) is 0 Å². The number of aromatic amines is 1. The standard InChI is InChI=1S/C18H19ClN4O2/c1-23(2)11-22-16-15(10-21-17(16)18(24)25-3)14(7-8-20)12-5-4-6-13(19)9-12/h4-6,9-11,14,21H,7H2,1-3H3. The Morgan fingerprint density at radius 3 is 2.88 bits per heavy atom. The first kappa shape index (κ1) is 18.6. The Labute approximate surface area is 151 Å². The van der Waals surface area contributed by atoms with Gasteiger partial charge in [-0.05, 0) is 17.7 Å². The fraction of sp³-hybridized carbons (Fsp3) is 0.278. The molecule has 2 aromatic rings. The third kappa shape index (κ3) is 4.40. The minimum atomic E-state index is -0.515. The first-order chi connectivity index (χ1) is 12.0. The van der Waals surface area contributed by atoms with Crippen LogP contribution in [0.1, 0.15) is 34.0 Å². The number of carbonyl (C=O) groups is 1. The number of nitrogens with zero attached hydrogens (tertiary/aromatic N) is 3. The van der Waals surface area contributed by atoms with Gasteiger partial charge in [0.1, 0.15) is 5.69 Å². The van der Waals surface area contributed by atoms with E-state index in [0.29, 0.717) is 10.7 Å². The number of H-pyrrole nitrogens is 1. The van der Waals surface area contributed by atoms with Crippen LogP contribution in [0.25, 0.3) is 0 Å². The SMILES string of the molecule is COC(=O)c1[nH]cc(C(CC#N)c2cccc(Cl)c2)c1N=CN(C)C. The van der Waals surface area contributed by atoms with Gasteiger partial charge in [0.05, 0.1) is 19.5 Å². The number of nitriles is 1. The molecule has 0 fully saturated rings. The molecule has 0 saturated carbocycles. The highest BCUT2D eigenvalue weighted by molar-refractivity contribution is 6.30. The molecule has 2 rings (SSSR count). The highest BCUT2D eigenvalue weighted by Gasteiger charge is 2.24. The third-order valence-corrected chi connectivity index (χ3v) is 3.85. The largest absolute Gasteiger partial charge is 0.464 e. The molecule has 7 heteroatoms. The fourth-order valence-electron chi connectivity index (χ4n) is 2.49. The number of ether oxygens (including phenoxy) is 1. The van der Waals surface area contributed by atoms with Crippen LogP contribution in [-0.4, -0.2) is 43.4 Å². The Balaban J connectivity index is 2.59. The van der Waals surface area contributed by atoms with Gasteiger partial charge in [0.25, 0.3) is 0 Å². The molecule has 0 bridgehead atoms. The van der Waals surface area contributed by atoms with E-state index in [-0.39, 0.29) is 18.0 Å². The molecule has 130 valence electrons. The van der Waals surface area contributed by atoms with Crippen molar-refractivity contribution in [2.45, 2.75) is 12.3 Å². The van der Waals surface area contributed by atoms with Crippen LogP contribution >= 0.6 is 11.6 Å². The van der Waals surface area contributed by atoms with E-state index in [1.807, 2.05) is 32.3 Å². The molecule has 0 aliphatic carbocycles. The van der Waals surface area contributed by atoms with Crippen molar-refractivity contribution >= 4 is 29.6 Å². The molecule has 1 N–H and O–H groups in total. The Morgan fingerprint density at radius 1 is 1.52 bits per heavy atom. The average molecular weight is 359 g/mol. The van der Waals surface area contributed by atoms with Crippen LogP contribution in [0.15, 0.2) is 35.5 Å². The van der Waals surface area contributed by atoms with Crippen LogP contribution < -0.4 is 0 Å². The second-order valence-corrected chi connectivity index (χ2v) is 6.07. The number of carbonyl (C=O) groups excluding carboxylic acids is 1. The molecule has 1 aromatic carbocycles.